The molecule has 0 amide bonds. The van der Waals surface area contributed by atoms with Crippen molar-refractivity contribution in [3.8, 4) is 0 Å². The molecule has 0 bridgehead atoms. The van der Waals surface area contributed by atoms with E-state index in [0.717, 1.165) is 36.1 Å². The van der Waals surface area contributed by atoms with E-state index in [9.17, 15) is 0 Å². The number of aromatic nitrogens is 4. The quantitative estimate of drug-likeness (QED) is 0.361. The van der Waals surface area contributed by atoms with E-state index < -0.39 is 0 Å². The summed E-state index contributed by atoms with van der Waals surface area (Å²) in [4.78, 5) is 8.48. The number of rotatable bonds is 5. The van der Waals surface area contributed by atoms with E-state index in [2.05, 4.69) is 30.8 Å². The van der Waals surface area contributed by atoms with Crippen molar-refractivity contribution < 1.29 is 0 Å². The second-order valence-corrected chi connectivity index (χ2v) is 4.97. The lowest BCUT2D eigenvalue weighted by Gasteiger charge is -2.11. The van der Waals surface area contributed by atoms with E-state index in [1.807, 2.05) is 47.0 Å². The van der Waals surface area contributed by atoms with Crippen LogP contribution in [0.1, 0.15) is 11.5 Å². The minimum absolute atomic E-state index is 0. The Morgan fingerprint density at radius 3 is 2.79 bits per heavy atom. The van der Waals surface area contributed by atoms with E-state index >= 15 is 0 Å². The molecule has 0 aliphatic rings. The van der Waals surface area contributed by atoms with Crippen molar-refractivity contribution in [1.82, 2.24) is 30.2 Å². The van der Waals surface area contributed by atoms with Crippen LogP contribution in [-0.2, 0) is 13.0 Å². The highest BCUT2D eigenvalue weighted by molar-refractivity contribution is 14.0. The van der Waals surface area contributed by atoms with Crippen LogP contribution in [-0.4, -0.2) is 39.1 Å². The Morgan fingerprint density at radius 1 is 1.12 bits per heavy atom. The fourth-order valence-electron chi connectivity index (χ4n) is 2.25. The van der Waals surface area contributed by atoms with Crippen molar-refractivity contribution in [2.24, 2.45) is 4.99 Å². The number of fused-ring (bicyclic) bond motifs is 1. The van der Waals surface area contributed by atoms with Crippen LogP contribution in [0, 0.1) is 0 Å². The molecule has 0 spiro atoms. The Morgan fingerprint density at radius 2 is 2.00 bits per heavy atom. The molecule has 8 heteroatoms. The molecular weight excluding hydrogens is 417 g/mol. The van der Waals surface area contributed by atoms with Gasteiger partial charge in [0.2, 0.25) is 0 Å². The van der Waals surface area contributed by atoms with E-state index in [1.165, 1.54) is 0 Å². The number of guanidine groups is 1. The minimum Gasteiger partial charge on any atom is -0.356 e. The number of aliphatic imine (C=N–C) groups is 1. The monoisotopic (exact) mass is 437 g/mol. The second-order valence-electron chi connectivity index (χ2n) is 4.97. The third-order valence-corrected chi connectivity index (χ3v) is 3.41. The number of halogens is 1. The van der Waals surface area contributed by atoms with Gasteiger partial charge in [0.1, 0.15) is 5.82 Å². The average molecular weight is 437 g/mol. The molecule has 3 heterocycles. The number of pyridine rings is 2. The van der Waals surface area contributed by atoms with Gasteiger partial charge < -0.3 is 10.6 Å². The zero-order valence-electron chi connectivity index (χ0n) is 13.4. The summed E-state index contributed by atoms with van der Waals surface area (Å²) in [6.07, 6.45) is 4.51. The van der Waals surface area contributed by atoms with Crippen molar-refractivity contribution in [1.29, 1.82) is 0 Å². The molecule has 2 N–H and O–H groups in total. The summed E-state index contributed by atoms with van der Waals surface area (Å²) in [6, 6.07) is 11.7. The maximum Gasteiger partial charge on any atom is 0.191 e. The highest BCUT2D eigenvalue weighted by Crippen LogP contribution is 2.02. The van der Waals surface area contributed by atoms with Crippen LogP contribution in [0.5, 0.6) is 0 Å². The van der Waals surface area contributed by atoms with Crippen LogP contribution in [0.4, 0.5) is 0 Å². The Labute approximate surface area is 157 Å². The van der Waals surface area contributed by atoms with Crippen LogP contribution < -0.4 is 10.6 Å². The van der Waals surface area contributed by atoms with Gasteiger partial charge in [-0.25, -0.2) is 0 Å². The zero-order chi connectivity index (χ0) is 15.9. The molecule has 0 aromatic carbocycles. The fraction of sp³-hybridized carbons (Fsp3) is 0.250. The third-order valence-electron chi connectivity index (χ3n) is 3.41. The molecule has 0 aliphatic heterocycles. The molecule has 0 fully saturated rings. The fourth-order valence-corrected chi connectivity index (χ4v) is 2.25. The summed E-state index contributed by atoms with van der Waals surface area (Å²) in [7, 11) is 1.75. The van der Waals surface area contributed by atoms with Crippen LogP contribution in [0.3, 0.4) is 0 Å². The number of nitrogens with zero attached hydrogens (tertiary/aromatic N) is 5. The lowest BCUT2D eigenvalue weighted by molar-refractivity contribution is 0.755. The van der Waals surface area contributed by atoms with Crippen LogP contribution >= 0.6 is 24.0 Å². The number of hydrogen-bond donors (Lipinski definition) is 2. The minimum atomic E-state index is 0. The molecule has 0 atom stereocenters. The first-order valence-corrected chi connectivity index (χ1v) is 7.50. The van der Waals surface area contributed by atoms with Crippen LogP contribution in [0.15, 0.2) is 53.8 Å². The molecule has 24 heavy (non-hydrogen) atoms. The van der Waals surface area contributed by atoms with Crippen molar-refractivity contribution in [2.45, 2.75) is 13.0 Å². The Balaban J connectivity index is 0.00000208. The smallest absolute Gasteiger partial charge is 0.191 e. The van der Waals surface area contributed by atoms with Gasteiger partial charge in [0.05, 0.1) is 12.2 Å². The summed E-state index contributed by atoms with van der Waals surface area (Å²) in [5.74, 6) is 1.66. The third kappa shape index (κ3) is 4.63. The molecule has 3 aromatic heterocycles. The Kier molecular flexibility index (Phi) is 6.91. The molecule has 0 radical (unpaired) electrons. The van der Waals surface area contributed by atoms with Crippen molar-refractivity contribution in [2.75, 3.05) is 13.6 Å². The maximum atomic E-state index is 4.27. The number of nitrogens with one attached hydrogen (secondary N) is 2. The van der Waals surface area contributed by atoms with Gasteiger partial charge in [-0.3, -0.25) is 14.4 Å². The average Bonchev–Trinajstić information content (AvgIpc) is 3.02. The highest BCUT2D eigenvalue weighted by atomic mass is 127. The molecular formula is C16H20IN7. The molecule has 0 saturated heterocycles. The largest absolute Gasteiger partial charge is 0.356 e. The predicted molar refractivity (Wildman–Crippen MR) is 105 cm³/mol. The second kappa shape index (κ2) is 9.16. The standard InChI is InChI=1S/C16H19N7.HI/c1-17-16(20-12-13-6-2-4-9-18-13)19-10-8-15-22-21-14-7-3-5-11-23(14)15;/h2-7,9,11H,8,10,12H2,1H3,(H2,17,19,20);1H. The first-order chi connectivity index (χ1) is 11.4. The molecule has 3 aromatic rings. The van der Waals surface area contributed by atoms with Gasteiger partial charge in [0, 0.05) is 32.4 Å². The first kappa shape index (κ1) is 18.1. The van der Waals surface area contributed by atoms with Gasteiger partial charge in [-0.05, 0) is 24.3 Å². The predicted octanol–water partition coefficient (Wildman–Crippen LogP) is 1.65. The van der Waals surface area contributed by atoms with Crippen LogP contribution in [0.25, 0.3) is 5.65 Å². The van der Waals surface area contributed by atoms with Gasteiger partial charge >= 0.3 is 0 Å². The Bertz CT molecular complexity index is 785. The molecule has 0 aliphatic carbocycles. The van der Waals surface area contributed by atoms with Crippen molar-refractivity contribution in [3.05, 3.63) is 60.3 Å². The van der Waals surface area contributed by atoms with Crippen molar-refractivity contribution in [3.63, 3.8) is 0 Å². The van der Waals surface area contributed by atoms with E-state index in [0.29, 0.717) is 6.54 Å². The maximum absolute atomic E-state index is 4.27. The van der Waals surface area contributed by atoms with Gasteiger partial charge in [0.15, 0.2) is 11.6 Å². The molecule has 126 valence electrons. The highest BCUT2D eigenvalue weighted by Gasteiger charge is 2.05. The summed E-state index contributed by atoms with van der Waals surface area (Å²) in [5, 5.41) is 14.9. The normalized spacial score (nSPS) is 11.1. The van der Waals surface area contributed by atoms with E-state index in [1.54, 1.807) is 13.2 Å². The molecule has 7 nitrogen and oxygen atoms in total. The first-order valence-electron chi connectivity index (χ1n) is 7.50. The summed E-state index contributed by atoms with van der Waals surface area (Å²) in [5.41, 5.74) is 1.83. The van der Waals surface area contributed by atoms with Gasteiger partial charge in [0.25, 0.3) is 0 Å². The topological polar surface area (TPSA) is 79.5 Å². The Hall–Kier alpha value is -2.23. The molecule has 3 rings (SSSR count). The van der Waals surface area contributed by atoms with E-state index in [-0.39, 0.29) is 24.0 Å². The van der Waals surface area contributed by atoms with E-state index in [4.69, 9.17) is 0 Å². The summed E-state index contributed by atoms with van der Waals surface area (Å²) in [6.45, 7) is 1.35. The van der Waals surface area contributed by atoms with Crippen LogP contribution in [0.2, 0.25) is 0 Å². The zero-order valence-corrected chi connectivity index (χ0v) is 15.7. The lowest BCUT2D eigenvalue weighted by Crippen LogP contribution is -2.38. The van der Waals surface area contributed by atoms with Crippen molar-refractivity contribution >= 4 is 35.6 Å². The molecule has 0 saturated carbocycles. The number of hydrogen-bond acceptors (Lipinski definition) is 4. The molecule has 0 unspecified atom stereocenters. The lowest BCUT2D eigenvalue weighted by atomic mass is 10.3. The SMILES string of the molecule is CN=C(NCCc1nnc2ccccn12)NCc1ccccn1.I. The van der Waals surface area contributed by atoms with Gasteiger partial charge in [-0.2, -0.15) is 0 Å². The van der Waals surface area contributed by atoms with Gasteiger partial charge in [-0.15, -0.1) is 34.2 Å². The summed E-state index contributed by atoms with van der Waals surface area (Å²) < 4.78 is 1.99. The summed E-state index contributed by atoms with van der Waals surface area (Å²) >= 11 is 0. The van der Waals surface area contributed by atoms with Gasteiger partial charge in [-0.1, -0.05) is 12.1 Å².